The highest BCUT2D eigenvalue weighted by Gasteiger charge is 2.43. The number of nitrogens with zero attached hydrogens (tertiary/aromatic N) is 1. The highest BCUT2D eigenvalue weighted by atomic mass is 19.4. The fourth-order valence-corrected chi connectivity index (χ4v) is 2.51. The predicted octanol–water partition coefficient (Wildman–Crippen LogP) is 2.42. The Morgan fingerprint density at radius 3 is 2.75 bits per heavy atom. The summed E-state index contributed by atoms with van der Waals surface area (Å²) in [5, 5.41) is 0. The molecule has 0 bridgehead atoms. The van der Waals surface area contributed by atoms with Gasteiger partial charge in [-0.05, 0) is 43.4 Å². The van der Waals surface area contributed by atoms with E-state index in [0.717, 1.165) is 16.0 Å². The normalized spacial score (nSPS) is 16.8. The van der Waals surface area contributed by atoms with E-state index in [9.17, 15) is 18.0 Å². The molecular formula is C14H17F3N2O. The van der Waals surface area contributed by atoms with Crippen molar-refractivity contribution >= 4 is 11.6 Å². The Morgan fingerprint density at radius 1 is 1.45 bits per heavy atom. The number of carbonyl (C=O) groups excluding carboxylic acids is 1. The van der Waals surface area contributed by atoms with Gasteiger partial charge in [0.25, 0.3) is 0 Å². The van der Waals surface area contributed by atoms with E-state index >= 15 is 0 Å². The molecule has 6 heteroatoms. The van der Waals surface area contributed by atoms with Gasteiger partial charge in [0.15, 0.2) is 0 Å². The Hall–Kier alpha value is -1.56. The Kier molecular flexibility index (Phi) is 4.04. The zero-order chi connectivity index (χ0) is 14.9. The number of amides is 1. The van der Waals surface area contributed by atoms with Crippen molar-refractivity contribution in [3.63, 3.8) is 0 Å². The maximum atomic E-state index is 12.6. The number of benzene rings is 1. The highest BCUT2D eigenvalue weighted by Crippen LogP contribution is 2.31. The summed E-state index contributed by atoms with van der Waals surface area (Å²) in [6, 6.07) is 5.18. The molecule has 2 N–H and O–H groups in total. The number of rotatable bonds is 2. The van der Waals surface area contributed by atoms with Crippen LogP contribution in [0.25, 0.3) is 0 Å². The third-order valence-electron chi connectivity index (χ3n) is 3.31. The molecule has 1 unspecified atom stereocenters. The first-order chi connectivity index (χ1) is 9.29. The van der Waals surface area contributed by atoms with E-state index in [0.29, 0.717) is 24.9 Å². The standard InChI is InChI=1S/C14H17F3N2O/c1-9(18)7-10-4-5-12-11(8-10)3-2-6-19(12)13(20)14(15,16)17/h4-5,8-9H,2-3,6-7,18H2,1H3. The van der Waals surface area contributed by atoms with Crippen LogP contribution in [0.3, 0.4) is 0 Å². The Balaban J connectivity index is 2.30. The van der Waals surface area contributed by atoms with Crippen molar-refractivity contribution in [2.75, 3.05) is 11.4 Å². The monoisotopic (exact) mass is 286 g/mol. The molecular weight excluding hydrogens is 269 g/mol. The van der Waals surface area contributed by atoms with Crippen LogP contribution in [0.2, 0.25) is 0 Å². The lowest BCUT2D eigenvalue weighted by atomic mass is 9.97. The predicted molar refractivity (Wildman–Crippen MR) is 70.5 cm³/mol. The molecule has 1 amide bonds. The van der Waals surface area contributed by atoms with Crippen LogP contribution in [0.5, 0.6) is 0 Å². The molecule has 0 fully saturated rings. The topological polar surface area (TPSA) is 46.3 Å². The van der Waals surface area contributed by atoms with E-state index in [-0.39, 0.29) is 12.6 Å². The van der Waals surface area contributed by atoms with Crippen LogP contribution in [-0.4, -0.2) is 24.7 Å². The van der Waals surface area contributed by atoms with E-state index in [4.69, 9.17) is 5.73 Å². The molecule has 20 heavy (non-hydrogen) atoms. The van der Waals surface area contributed by atoms with Gasteiger partial charge in [0, 0.05) is 18.3 Å². The molecule has 2 rings (SSSR count). The van der Waals surface area contributed by atoms with Gasteiger partial charge in [-0.15, -0.1) is 0 Å². The summed E-state index contributed by atoms with van der Waals surface area (Å²) in [6.45, 7) is 1.98. The lowest BCUT2D eigenvalue weighted by Crippen LogP contribution is -2.43. The van der Waals surface area contributed by atoms with Gasteiger partial charge >= 0.3 is 12.1 Å². The van der Waals surface area contributed by atoms with Gasteiger partial charge in [0.2, 0.25) is 0 Å². The number of hydrogen-bond acceptors (Lipinski definition) is 2. The quantitative estimate of drug-likeness (QED) is 0.907. The molecule has 0 aliphatic carbocycles. The van der Waals surface area contributed by atoms with E-state index < -0.39 is 12.1 Å². The van der Waals surface area contributed by atoms with Crippen molar-refractivity contribution in [2.45, 2.75) is 38.4 Å². The summed E-state index contributed by atoms with van der Waals surface area (Å²) in [4.78, 5) is 12.3. The van der Waals surface area contributed by atoms with Crippen LogP contribution in [0, 0.1) is 0 Å². The molecule has 1 aromatic carbocycles. The van der Waals surface area contributed by atoms with Gasteiger partial charge in [-0.1, -0.05) is 12.1 Å². The smallest absolute Gasteiger partial charge is 0.328 e. The first-order valence-corrected chi connectivity index (χ1v) is 6.55. The van der Waals surface area contributed by atoms with Crippen molar-refractivity contribution < 1.29 is 18.0 Å². The van der Waals surface area contributed by atoms with Gasteiger partial charge in [-0.3, -0.25) is 4.79 Å². The number of halogens is 3. The molecule has 3 nitrogen and oxygen atoms in total. The maximum Gasteiger partial charge on any atom is 0.471 e. The molecule has 1 aliphatic rings. The van der Waals surface area contributed by atoms with Crippen molar-refractivity contribution in [1.82, 2.24) is 0 Å². The summed E-state index contributed by atoms with van der Waals surface area (Å²) >= 11 is 0. The summed E-state index contributed by atoms with van der Waals surface area (Å²) < 4.78 is 37.7. The minimum atomic E-state index is -4.83. The number of anilines is 1. The minimum Gasteiger partial charge on any atom is -0.328 e. The van der Waals surface area contributed by atoms with Crippen molar-refractivity contribution in [1.29, 1.82) is 0 Å². The van der Waals surface area contributed by atoms with E-state index in [2.05, 4.69) is 0 Å². The highest BCUT2D eigenvalue weighted by molar-refractivity contribution is 5.98. The number of hydrogen-bond donors (Lipinski definition) is 1. The second-order valence-electron chi connectivity index (χ2n) is 5.20. The third-order valence-corrected chi connectivity index (χ3v) is 3.31. The molecule has 0 saturated heterocycles. The Morgan fingerprint density at radius 2 is 2.15 bits per heavy atom. The molecule has 1 heterocycles. The number of aryl methyl sites for hydroxylation is 1. The largest absolute Gasteiger partial charge is 0.471 e. The van der Waals surface area contributed by atoms with Gasteiger partial charge in [-0.2, -0.15) is 13.2 Å². The lowest BCUT2D eigenvalue weighted by molar-refractivity contribution is -0.170. The van der Waals surface area contributed by atoms with Crippen molar-refractivity contribution in [2.24, 2.45) is 5.73 Å². The number of nitrogens with two attached hydrogens (primary N) is 1. The van der Waals surface area contributed by atoms with E-state index in [1.54, 1.807) is 12.1 Å². The maximum absolute atomic E-state index is 12.6. The fraction of sp³-hybridized carbons (Fsp3) is 0.500. The van der Waals surface area contributed by atoms with Crippen molar-refractivity contribution in [3.8, 4) is 0 Å². The third kappa shape index (κ3) is 3.12. The Bertz CT molecular complexity index is 512. The molecule has 0 saturated carbocycles. The average molecular weight is 286 g/mol. The van der Waals surface area contributed by atoms with Crippen molar-refractivity contribution in [3.05, 3.63) is 29.3 Å². The van der Waals surface area contributed by atoms with Gasteiger partial charge in [0.05, 0.1) is 0 Å². The summed E-state index contributed by atoms with van der Waals surface area (Å²) in [5.74, 6) is -1.79. The van der Waals surface area contributed by atoms with Crippen LogP contribution in [0.1, 0.15) is 24.5 Å². The van der Waals surface area contributed by atoms with Gasteiger partial charge < -0.3 is 10.6 Å². The molecule has 1 aliphatic heterocycles. The van der Waals surface area contributed by atoms with E-state index in [1.807, 2.05) is 13.0 Å². The average Bonchev–Trinajstić information content (AvgIpc) is 2.35. The van der Waals surface area contributed by atoms with E-state index in [1.165, 1.54) is 0 Å². The lowest BCUT2D eigenvalue weighted by Gasteiger charge is -2.30. The number of alkyl halides is 3. The molecule has 0 aromatic heterocycles. The first kappa shape index (κ1) is 14.8. The van der Waals surface area contributed by atoms with Gasteiger partial charge in [0.1, 0.15) is 0 Å². The van der Waals surface area contributed by atoms with Crippen LogP contribution in [0.15, 0.2) is 18.2 Å². The van der Waals surface area contributed by atoms with Crippen LogP contribution >= 0.6 is 0 Å². The summed E-state index contributed by atoms with van der Waals surface area (Å²) in [6.07, 6.45) is -2.94. The van der Waals surface area contributed by atoms with Gasteiger partial charge in [-0.25, -0.2) is 0 Å². The summed E-state index contributed by atoms with van der Waals surface area (Å²) in [5.41, 5.74) is 7.86. The van der Waals surface area contributed by atoms with Crippen LogP contribution in [-0.2, 0) is 17.6 Å². The fourth-order valence-electron chi connectivity index (χ4n) is 2.51. The Labute approximate surface area is 115 Å². The minimum absolute atomic E-state index is 0.00968. The van der Waals surface area contributed by atoms with Crippen LogP contribution in [0.4, 0.5) is 18.9 Å². The molecule has 1 atom stereocenters. The summed E-state index contributed by atoms with van der Waals surface area (Å²) in [7, 11) is 0. The second-order valence-corrected chi connectivity index (χ2v) is 5.20. The second kappa shape index (κ2) is 5.44. The molecule has 0 spiro atoms. The van der Waals surface area contributed by atoms with Crippen LogP contribution < -0.4 is 10.6 Å². The SMILES string of the molecule is CC(N)Cc1ccc2c(c1)CCCN2C(=O)C(F)(F)F. The molecule has 1 aromatic rings. The first-order valence-electron chi connectivity index (χ1n) is 6.55. The number of carbonyl (C=O) groups is 1. The molecule has 0 radical (unpaired) electrons. The molecule has 110 valence electrons. The number of fused-ring (bicyclic) bond motifs is 1. The zero-order valence-corrected chi connectivity index (χ0v) is 11.2. The zero-order valence-electron chi connectivity index (χ0n) is 11.2.